The summed E-state index contributed by atoms with van der Waals surface area (Å²) in [6.45, 7) is 0.730. The first kappa shape index (κ1) is 17.6. The number of fused-ring (bicyclic) bond motifs is 1. The molecule has 2 aromatic heterocycles. The lowest BCUT2D eigenvalue weighted by Crippen LogP contribution is -2.32. The maximum absolute atomic E-state index is 12.9. The molecular weight excluding hydrogens is 366 g/mol. The highest BCUT2D eigenvalue weighted by Crippen LogP contribution is 2.30. The van der Waals surface area contributed by atoms with Crippen molar-refractivity contribution >= 4 is 16.7 Å². The molecule has 1 aliphatic carbocycles. The van der Waals surface area contributed by atoms with Gasteiger partial charge in [-0.3, -0.25) is 4.79 Å². The molecule has 5 rings (SSSR count). The second kappa shape index (κ2) is 7.51. The normalized spacial score (nSPS) is 13.5. The molecule has 4 aromatic rings. The minimum absolute atomic E-state index is 0.110. The molecule has 0 atom stereocenters. The van der Waals surface area contributed by atoms with Crippen LogP contribution in [0.2, 0.25) is 0 Å². The second-order valence-corrected chi connectivity index (χ2v) is 7.31. The summed E-state index contributed by atoms with van der Waals surface area (Å²) in [5.41, 5.74) is 0. The second-order valence-electron chi connectivity index (χ2n) is 7.31. The van der Waals surface area contributed by atoms with E-state index in [9.17, 15) is 4.79 Å². The Kier molecular flexibility index (Phi) is 4.56. The first-order valence-electron chi connectivity index (χ1n) is 9.80. The first-order chi connectivity index (χ1) is 14.3. The maximum Gasteiger partial charge on any atom is 0.290 e. The topological polar surface area (TPSA) is 55.8 Å². The predicted octanol–water partition coefficient (Wildman–Crippen LogP) is 5.41. The van der Waals surface area contributed by atoms with Gasteiger partial charge >= 0.3 is 0 Å². The van der Waals surface area contributed by atoms with E-state index in [1.54, 1.807) is 18.4 Å². The zero-order valence-electron chi connectivity index (χ0n) is 15.9. The molecule has 1 amide bonds. The van der Waals surface area contributed by atoms with Gasteiger partial charge in [-0.25, -0.2) is 0 Å². The highest BCUT2D eigenvalue weighted by molar-refractivity contribution is 5.92. The fourth-order valence-corrected chi connectivity index (χ4v) is 3.45. The average molecular weight is 387 g/mol. The summed E-state index contributed by atoms with van der Waals surface area (Å²) >= 11 is 0. The smallest absolute Gasteiger partial charge is 0.290 e. The summed E-state index contributed by atoms with van der Waals surface area (Å²) in [6.07, 6.45) is 3.66. The van der Waals surface area contributed by atoms with Gasteiger partial charge in [0.15, 0.2) is 5.76 Å². The average Bonchev–Trinajstić information content (AvgIpc) is 3.25. The van der Waals surface area contributed by atoms with Crippen molar-refractivity contribution in [2.45, 2.75) is 32.0 Å². The molecule has 1 aliphatic rings. The molecule has 5 nitrogen and oxygen atoms in total. The lowest BCUT2D eigenvalue weighted by Gasteiger charge is -2.19. The molecule has 1 fully saturated rings. The van der Waals surface area contributed by atoms with E-state index in [2.05, 4.69) is 12.1 Å². The van der Waals surface area contributed by atoms with E-state index in [0.29, 0.717) is 18.1 Å². The molecule has 146 valence electrons. The zero-order valence-corrected chi connectivity index (χ0v) is 15.9. The Morgan fingerprint density at radius 3 is 2.62 bits per heavy atom. The molecular formula is C24H21NO4. The summed E-state index contributed by atoms with van der Waals surface area (Å²) in [6, 6.07) is 21.6. The molecule has 0 bridgehead atoms. The van der Waals surface area contributed by atoms with Gasteiger partial charge < -0.3 is 18.5 Å². The van der Waals surface area contributed by atoms with E-state index < -0.39 is 0 Å². The van der Waals surface area contributed by atoms with Gasteiger partial charge in [0.25, 0.3) is 5.91 Å². The monoisotopic (exact) mass is 387 g/mol. The van der Waals surface area contributed by atoms with E-state index in [-0.39, 0.29) is 18.6 Å². The lowest BCUT2D eigenvalue weighted by molar-refractivity contribution is 0.0681. The number of furan rings is 2. The number of rotatable bonds is 7. The Hall–Kier alpha value is -3.47. The number of nitrogens with zero attached hydrogens (tertiary/aromatic N) is 1. The Morgan fingerprint density at radius 1 is 0.966 bits per heavy atom. The molecule has 0 radical (unpaired) electrons. The van der Waals surface area contributed by atoms with Crippen molar-refractivity contribution in [1.29, 1.82) is 0 Å². The van der Waals surface area contributed by atoms with Crippen LogP contribution in [0.15, 0.2) is 81.8 Å². The molecule has 29 heavy (non-hydrogen) atoms. The number of hydrogen-bond acceptors (Lipinski definition) is 4. The van der Waals surface area contributed by atoms with E-state index in [1.807, 2.05) is 47.4 Å². The van der Waals surface area contributed by atoms with Gasteiger partial charge in [-0.1, -0.05) is 30.3 Å². The Morgan fingerprint density at radius 2 is 1.83 bits per heavy atom. The minimum Gasteiger partial charge on any atom is -0.486 e. The summed E-state index contributed by atoms with van der Waals surface area (Å²) in [5, 5.41) is 2.29. The molecule has 1 saturated carbocycles. The van der Waals surface area contributed by atoms with Crippen LogP contribution in [0.5, 0.6) is 5.75 Å². The summed E-state index contributed by atoms with van der Waals surface area (Å²) < 4.78 is 17.1. The largest absolute Gasteiger partial charge is 0.486 e. The number of hydrogen-bond donors (Lipinski definition) is 0. The third kappa shape index (κ3) is 3.90. The standard InChI is InChI=1S/C24H21NO4/c26-24(25(19-8-9-19)15-21-6-3-13-27-21)23-12-11-22(29-23)16-28-20-10-7-17-4-1-2-5-18(17)14-20/h1-7,10-14,19H,8-9,15-16H2. The number of amides is 1. The molecule has 0 spiro atoms. The van der Waals surface area contributed by atoms with E-state index in [0.717, 1.165) is 29.7 Å². The molecule has 2 aromatic carbocycles. The quantitative estimate of drug-likeness (QED) is 0.425. The lowest BCUT2D eigenvalue weighted by atomic mass is 10.1. The fraction of sp³-hybridized carbons (Fsp3) is 0.208. The van der Waals surface area contributed by atoms with Crippen molar-refractivity contribution < 1.29 is 18.4 Å². The predicted molar refractivity (Wildman–Crippen MR) is 109 cm³/mol. The Balaban J connectivity index is 1.26. The highest BCUT2D eigenvalue weighted by Gasteiger charge is 2.34. The van der Waals surface area contributed by atoms with Gasteiger partial charge in [0.05, 0.1) is 12.8 Å². The Bertz CT molecular complexity index is 1120. The number of carbonyl (C=O) groups excluding carboxylic acids is 1. The van der Waals surface area contributed by atoms with Crippen LogP contribution in [0.25, 0.3) is 10.8 Å². The van der Waals surface area contributed by atoms with Gasteiger partial charge in [0.2, 0.25) is 0 Å². The highest BCUT2D eigenvalue weighted by atomic mass is 16.5. The van der Waals surface area contributed by atoms with Crippen LogP contribution < -0.4 is 4.74 Å². The van der Waals surface area contributed by atoms with Gasteiger partial charge in [-0.15, -0.1) is 0 Å². The summed E-state index contributed by atoms with van der Waals surface area (Å²) in [4.78, 5) is 14.8. The van der Waals surface area contributed by atoms with Crippen LogP contribution in [0.1, 0.15) is 34.9 Å². The number of benzene rings is 2. The zero-order chi connectivity index (χ0) is 19.6. The molecule has 2 heterocycles. The molecule has 0 saturated heterocycles. The third-order valence-electron chi connectivity index (χ3n) is 5.13. The Labute approximate surface area is 168 Å². The SMILES string of the molecule is O=C(c1ccc(COc2ccc3ccccc3c2)o1)N(Cc1ccco1)C1CC1. The van der Waals surface area contributed by atoms with Crippen molar-refractivity contribution in [3.05, 3.63) is 90.3 Å². The molecule has 0 unspecified atom stereocenters. The maximum atomic E-state index is 12.9. The van der Waals surface area contributed by atoms with E-state index in [1.165, 1.54) is 5.39 Å². The number of ether oxygens (including phenoxy) is 1. The van der Waals surface area contributed by atoms with Crippen LogP contribution in [0.3, 0.4) is 0 Å². The van der Waals surface area contributed by atoms with Crippen molar-refractivity contribution in [2.24, 2.45) is 0 Å². The van der Waals surface area contributed by atoms with Crippen molar-refractivity contribution in [1.82, 2.24) is 4.90 Å². The summed E-state index contributed by atoms with van der Waals surface area (Å²) in [7, 11) is 0. The van der Waals surface area contributed by atoms with Crippen LogP contribution in [-0.4, -0.2) is 16.8 Å². The van der Waals surface area contributed by atoms with E-state index in [4.69, 9.17) is 13.6 Å². The molecule has 5 heteroatoms. The first-order valence-corrected chi connectivity index (χ1v) is 9.80. The third-order valence-corrected chi connectivity index (χ3v) is 5.13. The van der Waals surface area contributed by atoms with Crippen LogP contribution in [0.4, 0.5) is 0 Å². The molecule has 0 aliphatic heterocycles. The fourth-order valence-electron chi connectivity index (χ4n) is 3.45. The molecule has 0 N–H and O–H groups in total. The van der Waals surface area contributed by atoms with Crippen LogP contribution in [-0.2, 0) is 13.2 Å². The van der Waals surface area contributed by atoms with Crippen molar-refractivity contribution in [3.8, 4) is 5.75 Å². The van der Waals surface area contributed by atoms with Crippen molar-refractivity contribution in [2.75, 3.05) is 0 Å². The van der Waals surface area contributed by atoms with Gasteiger partial charge in [-0.05, 0) is 60.0 Å². The van der Waals surface area contributed by atoms with Crippen molar-refractivity contribution in [3.63, 3.8) is 0 Å². The van der Waals surface area contributed by atoms with Gasteiger partial charge in [0, 0.05) is 6.04 Å². The van der Waals surface area contributed by atoms with Crippen LogP contribution >= 0.6 is 0 Å². The summed E-state index contributed by atoms with van der Waals surface area (Å²) in [5.74, 6) is 2.39. The van der Waals surface area contributed by atoms with Crippen LogP contribution in [0, 0.1) is 0 Å². The number of carbonyl (C=O) groups is 1. The minimum atomic E-state index is -0.110. The van der Waals surface area contributed by atoms with Gasteiger partial charge in [0.1, 0.15) is 23.9 Å². The van der Waals surface area contributed by atoms with Gasteiger partial charge in [-0.2, -0.15) is 0 Å². The van der Waals surface area contributed by atoms with E-state index >= 15 is 0 Å².